The highest BCUT2D eigenvalue weighted by Gasteiger charge is 2.22. The van der Waals surface area contributed by atoms with Gasteiger partial charge in [0.15, 0.2) is 0 Å². The summed E-state index contributed by atoms with van der Waals surface area (Å²) in [5.74, 6) is 0.0513. The maximum atomic E-state index is 14.0. The lowest BCUT2D eigenvalue weighted by molar-refractivity contribution is -0.132. The van der Waals surface area contributed by atoms with E-state index in [9.17, 15) is 14.0 Å². The van der Waals surface area contributed by atoms with Crippen molar-refractivity contribution in [3.05, 3.63) is 76.1 Å². The standard InChI is InChI=1S/C23H21FN4O3/c1-31-21-11-16-14-26(9-6-15(16)13-25-21)22(29)7-10-28-20-12-17(24)4-5-18(20)27-8-2-3-19(27)23(28)30/h2-5,8,11-13H,6-7,9-10,14H2,1H3. The number of hydrogen-bond acceptors (Lipinski definition) is 4. The van der Waals surface area contributed by atoms with Gasteiger partial charge in [0.2, 0.25) is 11.8 Å². The summed E-state index contributed by atoms with van der Waals surface area (Å²) in [4.78, 5) is 32.0. The molecule has 4 heterocycles. The summed E-state index contributed by atoms with van der Waals surface area (Å²) >= 11 is 0. The van der Waals surface area contributed by atoms with Crippen molar-refractivity contribution in [2.24, 2.45) is 0 Å². The molecule has 0 fully saturated rings. The number of aryl methyl sites for hydroxylation is 1. The summed E-state index contributed by atoms with van der Waals surface area (Å²) in [6.45, 7) is 1.26. The van der Waals surface area contributed by atoms with E-state index in [1.807, 2.05) is 6.07 Å². The van der Waals surface area contributed by atoms with Crippen LogP contribution in [0, 0.1) is 5.82 Å². The van der Waals surface area contributed by atoms with E-state index in [1.54, 1.807) is 47.0 Å². The number of methoxy groups -OCH3 is 1. The van der Waals surface area contributed by atoms with Crippen LogP contribution >= 0.6 is 0 Å². The maximum absolute atomic E-state index is 14.0. The van der Waals surface area contributed by atoms with Gasteiger partial charge in [-0.2, -0.15) is 0 Å². The molecule has 158 valence electrons. The minimum absolute atomic E-state index is 0.0480. The molecule has 0 unspecified atom stereocenters. The van der Waals surface area contributed by atoms with Crippen molar-refractivity contribution in [2.75, 3.05) is 13.7 Å². The van der Waals surface area contributed by atoms with Gasteiger partial charge >= 0.3 is 0 Å². The number of halogens is 1. The Morgan fingerprint density at radius 1 is 1.16 bits per heavy atom. The number of carbonyl (C=O) groups is 1. The Hall–Kier alpha value is -3.68. The third-order valence-corrected chi connectivity index (χ3v) is 5.88. The molecule has 0 saturated carbocycles. The Morgan fingerprint density at radius 2 is 2.03 bits per heavy atom. The number of nitrogens with zero attached hydrogens (tertiary/aromatic N) is 4. The van der Waals surface area contributed by atoms with Gasteiger partial charge in [0.1, 0.15) is 11.3 Å². The van der Waals surface area contributed by atoms with Gasteiger partial charge in [-0.15, -0.1) is 0 Å². The van der Waals surface area contributed by atoms with E-state index >= 15 is 0 Å². The molecule has 0 radical (unpaired) electrons. The van der Waals surface area contributed by atoms with E-state index in [1.165, 1.54) is 16.7 Å². The fourth-order valence-electron chi connectivity index (χ4n) is 4.26. The number of pyridine rings is 1. The molecule has 8 heteroatoms. The minimum Gasteiger partial charge on any atom is -0.481 e. The average Bonchev–Trinajstić information content (AvgIpc) is 3.28. The second kappa shape index (κ2) is 7.54. The molecule has 4 aromatic rings. The molecule has 0 saturated heterocycles. The summed E-state index contributed by atoms with van der Waals surface area (Å²) in [6.07, 6.45) is 4.45. The van der Waals surface area contributed by atoms with Crippen LogP contribution in [0.1, 0.15) is 17.5 Å². The summed E-state index contributed by atoms with van der Waals surface area (Å²) in [5, 5.41) is 0. The molecule has 7 nitrogen and oxygen atoms in total. The quantitative estimate of drug-likeness (QED) is 0.509. The number of aromatic nitrogens is 3. The first kappa shape index (κ1) is 19.3. The SMILES string of the molecule is COc1cc2c(cn1)CCN(C(=O)CCn1c(=O)c3cccn3c3ccc(F)cc31)C2. The van der Waals surface area contributed by atoms with Crippen molar-refractivity contribution >= 4 is 22.5 Å². The smallest absolute Gasteiger partial charge is 0.275 e. The van der Waals surface area contributed by atoms with Crippen LogP contribution < -0.4 is 10.3 Å². The highest BCUT2D eigenvalue weighted by Crippen LogP contribution is 2.23. The first-order valence-electron chi connectivity index (χ1n) is 10.1. The largest absolute Gasteiger partial charge is 0.481 e. The average molecular weight is 420 g/mol. The van der Waals surface area contributed by atoms with Crippen molar-refractivity contribution in [1.82, 2.24) is 18.9 Å². The van der Waals surface area contributed by atoms with Crippen molar-refractivity contribution in [2.45, 2.75) is 25.9 Å². The van der Waals surface area contributed by atoms with Gasteiger partial charge in [0, 0.05) is 44.5 Å². The van der Waals surface area contributed by atoms with Crippen molar-refractivity contribution in [1.29, 1.82) is 0 Å². The van der Waals surface area contributed by atoms with E-state index in [0.29, 0.717) is 30.0 Å². The first-order valence-corrected chi connectivity index (χ1v) is 10.1. The van der Waals surface area contributed by atoms with Crippen LogP contribution in [0.5, 0.6) is 5.88 Å². The highest BCUT2D eigenvalue weighted by atomic mass is 19.1. The van der Waals surface area contributed by atoms with Gasteiger partial charge in [0.05, 0.1) is 18.1 Å². The molecule has 0 atom stereocenters. The molecule has 3 aromatic heterocycles. The number of amides is 1. The van der Waals surface area contributed by atoms with Gasteiger partial charge in [0.25, 0.3) is 5.56 Å². The molecule has 31 heavy (non-hydrogen) atoms. The number of ether oxygens (including phenoxy) is 1. The van der Waals surface area contributed by atoms with Crippen LogP contribution in [-0.4, -0.2) is 38.4 Å². The minimum atomic E-state index is -0.423. The van der Waals surface area contributed by atoms with Gasteiger partial charge < -0.3 is 18.6 Å². The van der Waals surface area contributed by atoms with Crippen molar-refractivity contribution < 1.29 is 13.9 Å². The zero-order valence-electron chi connectivity index (χ0n) is 17.0. The Morgan fingerprint density at radius 3 is 2.87 bits per heavy atom. The Bertz CT molecular complexity index is 1370. The summed E-state index contributed by atoms with van der Waals surface area (Å²) in [5.41, 5.74) is 3.59. The lowest BCUT2D eigenvalue weighted by Crippen LogP contribution is -2.37. The predicted octanol–water partition coefficient (Wildman–Crippen LogP) is 2.77. The lowest BCUT2D eigenvalue weighted by Gasteiger charge is -2.29. The molecule has 5 rings (SSSR count). The van der Waals surface area contributed by atoms with Crippen LogP contribution in [0.4, 0.5) is 4.39 Å². The molecule has 1 amide bonds. The van der Waals surface area contributed by atoms with E-state index < -0.39 is 5.82 Å². The van der Waals surface area contributed by atoms with E-state index in [-0.39, 0.29) is 24.4 Å². The van der Waals surface area contributed by atoms with E-state index in [0.717, 1.165) is 23.1 Å². The van der Waals surface area contributed by atoms with Crippen LogP contribution in [0.3, 0.4) is 0 Å². The molecular weight excluding hydrogens is 399 g/mol. The fourth-order valence-corrected chi connectivity index (χ4v) is 4.26. The van der Waals surface area contributed by atoms with Crippen LogP contribution in [0.15, 0.2) is 53.6 Å². The van der Waals surface area contributed by atoms with Crippen LogP contribution in [0.2, 0.25) is 0 Å². The Balaban J connectivity index is 1.42. The third kappa shape index (κ3) is 3.34. The van der Waals surface area contributed by atoms with Crippen LogP contribution in [-0.2, 0) is 24.3 Å². The molecule has 1 aromatic carbocycles. The topological polar surface area (TPSA) is 68.8 Å². The fraction of sp³-hybridized carbons (Fsp3) is 0.261. The van der Waals surface area contributed by atoms with Gasteiger partial charge in [-0.05, 0) is 47.9 Å². The third-order valence-electron chi connectivity index (χ3n) is 5.88. The maximum Gasteiger partial charge on any atom is 0.275 e. The monoisotopic (exact) mass is 420 g/mol. The molecule has 0 spiro atoms. The normalized spacial score (nSPS) is 13.5. The molecule has 1 aliphatic heterocycles. The molecule has 0 N–H and O–H groups in total. The van der Waals surface area contributed by atoms with Crippen molar-refractivity contribution in [3.8, 4) is 5.88 Å². The number of rotatable bonds is 4. The zero-order valence-corrected chi connectivity index (χ0v) is 17.0. The van der Waals surface area contributed by atoms with E-state index in [2.05, 4.69) is 4.98 Å². The molecule has 1 aliphatic rings. The molecule has 0 bridgehead atoms. The zero-order chi connectivity index (χ0) is 21.5. The van der Waals surface area contributed by atoms with Gasteiger partial charge in [-0.3, -0.25) is 9.59 Å². The number of benzene rings is 1. The van der Waals surface area contributed by atoms with Gasteiger partial charge in [-0.1, -0.05) is 0 Å². The number of hydrogen-bond donors (Lipinski definition) is 0. The second-order valence-corrected chi connectivity index (χ2v) is 7.66. The van der Waals surface area contributed by atoms with Gasteiger partial charge in [-0.25, -0.2) is 9.37 Å². The Labute approximate surface area is 177 Å². The number of carbonyl (C=O) groups excluding carboxylic acids is 1. The first-order chi connectivity index (χ1) is 15.0. The molecular formula is C23H21FN4O3. The Kier molecular flexibility index (Phi) is 4.69. The van der Waals surface area contributed by atoms with E-state index in [4.69, 9.17) is 4.74 Å². The van der Waals surface area contributed by atoms with Crippen molar-refractivity contribution in [3.63, 3.8) is 0 Å². The molecule has 0 aliphatic carbocycles. The highest BCUT2D eigenvalue weighted by molar-refractivity contribution is 5.80. The summed E-state index contributed by atoms with van der Waals surface area (Å²) < 4.78 is 22.4. The summed E-state index contributed by atoms with van der Waals surface area (Å²) in [7, 11) is 1.56. The lowest BCUT2D eigenvalue weighted by atomic mass is 10.0. The summed E-state index contributed by atoms with van der Waals surface area (Å²) in [6, 6.07) is 9.73. The van der Waals surface area contributed by atoms with Crippen LogP contribution in [0.25, 0.3) is 16.6 Å². The predicted molar refractivity (Wildman–Crippen MR) is 114 cm³/mol. The number of fused-ring (bicyclic) bond motifs is 4. The second-order valence-electron chi connectivity index (χ2n) is 7.66.